The molecule has 1 aliphatic carbocycles. The predicted molar refractivity (Wildman–Crippen MR) is 60.0 cm³/mol. The van der Waals surface area contributed by atoms with Gasteiger partial charge in [-0.15, -0.1) is 0 Å². The van der Waals surface area contributed by atoms with Crippen LogP contribution in [-0.2, 0) is 0 Å². The summed E-state index contributed by atoms with van der Waals surface area (Å²) >= 11 is 0. The molecule has 0 bridgehead atoms. The van der Waals surface area contributed by atoms with Gasteiger partial charge in [0.1, 0.15) is 5.52 Å². The van der Waals surface area contributed by atoms with Crippen LogP contribution in [0.4, 0.5) is 0 Å². The van der Waals surface area contributed by atoms with Gasteiger partial charge in [0.25, 0.3) is 0 Å². The average Bonchev–Trinajstić information content (AvgIpc) is 2.96. The monoisotopic (exact) mass is 232 g/mol. The highest BCUT2D eigenvalue weighted by Gasteiger charge is 2.24. The molecular formula is C12H12N2O3. The highest BCUT2D eigenvalue weighted by atomic mass is 16.4. The molecule has 1 N–H and O–H groups in total. The number of aromatic carboxylic acids is 1. The Hall–Kier alpha value is -1.91. The number of nitrogens with zero attached hydrogens (tertiary/aromatic N) is 2. The van der Waals surface area contributed by atoms with E-state index < -0.39 is 5.97 Å². The number of rotatable bonds is 2. The highest BCUT2D eigenvalue weighted by Crippen LogP contribution is 2.35. The Morgan fingerprint density at radius 1 is 1.41 bits per heavy atom. The van der Waals surface area contributed by atoms with Crippen LogP contribution in [0.1, 0.15) is 47.8 Å². The lowest BCUT2D eigenvalue weighted by Crippen LogP contribution is -1.98. The second kappa shape index (κ2) is 3.84. The fraction of sp³-hybridized carbons (Fsp3) is 0.417. The summed E-state index contributed by atoms with van der Waals surface area (Å²) in [6.45, 7) is 0. The second-order valence-electron chi connectivity index (χ2n) is 4.35. The summed E-state index contributed by atoms with van der Waals surface area (Å²) in [7, 11) is 0. The van der Waals surface area contributed by atoms with E-state index in [1.165, 1.54) is 25.1 Å². The van der Waals surface area contributed by atoms with Crippen molar-refractivity contribution in [1.82, 2.24) is 9.97 Å². The first-order chi connectivity index (χ1) is 8.25. The third-order valence-corrected chi connectivity index (χ3v) is 3.25. The summed E-state index contributed by atoms with van der Waals surface area (Å²) in [5.74, 6) is -0.0341. The van der Waals surface area contributed by atoms with Crippen LogP contribution in [0, 0.1) is 0 Å². The van der Waals surface area contributed by atoms with E-state index >= 15 is 0 Å². The van der Waals surface area contributed by atoms with E-state index in [1.54, 1.807) is 0 Å². The molecule has 2 heterocycles. The van der Waals surface area contributed by atoms with Crippen molar-refractivity contribution in [1.29, 1.82) is 0 Å². The van der Waals surface area contributed by atoms with E-state index in [1.807, 2.05) is 0 Å². The molecule has 17 heavy (non-hydrogen) atoms. The Labute approximate surface area is 97.5 Å². The molecule has 0 amide bonds. The van der Waals surface area contributed by atoms with Crippen molar-refractivity contribution in [2.75, 3.05) is 0 Å². The Morgan fingerprint density at radius 3 is 2.88 bits per heavy atom. The van der Waals surface area contributed by atoms with Crippen LogP contribution in [0.25, 0.3) is 11.2 Å². The third kappa shape index (κ3) is 1.67. The van der Waals surface area contributed by atoms with Gasteiger partial charge >= 0.3 is 5.97 Å². The number of pyridine rings is 1. The van der Waals surface area contributed by atoms with Gasteiger partial charge in [-0.1, -0.05) is 12.8 Å². The van der Waals surface area contributed by atoms with Crippen molar-refractivity contribution in [3.63, 3.8) is 0 Å². The van der Waals surface area contributed by atoms with Gasteiger partial charge in [0.05, 0.1) is 5.56 Å². The van der Waals surface area contributed by atoms with Crippen molar-refractivity contribution < 1.29 is 14.3 Å². The van der Waals surface area contributed by atoms with E-state index in [2.05, 4.69) is 9.97 Å². The zero-order valence-electron chi connectivity index (χ0n) is 9.22. The van der Waals surface area contributed by atoms with Gasteiger partial charge < -0.3 is 9.52 Å². The first-order valence-electron chi connectivity index (χ1n) is 5.74. The molecule has 1 fully saturated rings. The molecule has 2 aromatic heterocycles. The summed E-state index contributed by atoms with van der Waals surface area (Å²) in [4.78, 5) is 19.4. The summed E-state index contributed by atoms with van der Waals surface area (Å²) in [6.07, 6.45) is 5.94. The van der Waals surface area contributed by atoms with Crippen LogP contribution in [0.5, 0.6) is 0 Å². The minimum Gasteiger partial charge on any atom is -0.478 e. The summed E-state index contributed by atoms with van der Waals surface area (Å²) in [5.41, 5.74) is 0.844. The number of fused-ring (bicyclic) bond motifs is 1. The van der Waals surface area contributed by atoms with Crippen molar-refractivity contribution in [2.45, 2.75) is 31.6 Å². The minimum absolute atomic E-state index is 0.156. The normalized spacial score (nSPS) is 16.7. The van der Waals surface area contributed by atoms with Crippen LogP contribution in [0.15, 0.2) is 16.7 Å². The molecule has 0 unspecified atom stereocenters. The first-order valence-corrected chi connectivity index (χ1v) is 5.74. The molecule has 3 rings (SSSR count). The largest absolute Gasteiger partial charge is 0.478 e. The molecule has 2 aromatic rings. The van der Waals surface area contributed by atoms with Crippen molar-refractivity contribution in [3.8, 4) is 0 Å². The fourth-order valence-corrected chi connectivity index (χ4v) is 2.37. The lowest BCUT2D eigenvalue weighted by atomic mass is 10.1. The molecule has 5 heteroatoms. The Morgan fingerprint density at radius 2 is 2.18 bits per heavy atom. The molecule has 1 saturated carbocycles. The van der Waals surface area contributed by atoms with Crippen molar-refractivity contribution in [2.24, 2.45) is 0 Å². The number of hydrogen-bond donors (Lipinski definition) is 1. The van der Waals surface area contributed by atoms with Crippen LogP contribution < -0.4 is 0 Å². The summed E-state index contributed by atoms with van der Waals surface area (Å²) < 4.78 is 5.56. The first kappa shape index (κ1) is 10.3. The van der Waals surface area contributed by atoms with E-state index in [4.69, 9.17) is 9.52 Å². The number of aromatic nitrogens is 2. The van der Waals surface area contributed by atoms with Gasteiger partial charge in [-0.3, -0.25) is 0 Å². The van der Waals surface area contributed by atoms with Crippen LogP contribution in [-0.4, -0.2) is 21.0 Å². The maximum Gasteiger partial charge on any atom is 0.338 e. The van der Waals surface area contributed by atoms with Gasteiger partial charge in [-0.2, -0.15) is 0 Å². The molecule has 0 radical (unpaired) electrons. The van der Waals surface area contributed by atoms with Gasteiger partial charge in [0, 0.05) is 12.1 Å². The molecule has 0 aliphatic heterocycles. The molecule has 0 saturated heterocycles. The molecular weight excluding hydrogens is 220 g/mol. The Balaban J connectivity index is 2.11. The van der Waals surface area contributed by atoms with Crippen molar-refractivity contribution in [3.05, 3.63) is 23.7 Å². The fourth-order valence-electron chi connectivity index (χ4n) is 2.37. The van der Waals surface area contributed by atoms with Crippen molar-refractivity contribution >= 4 is 17.2 Å². The lowest BCUT2D eigenvalue weighted by molar-refractivity contribution is 0.0698. The Kier molecular flexibility index (Phi) is 2.31. The maximum atomic E-state index is 11.0. The zero-order chi connectivity index (χ0) is 11.8. The van der Waals surface area contributed by atoms with Gasteiger partial charge in [0.15, 0.2) is 0 Å². The zero-order valence-corrected chi connectivity index (χ0v) is 9.22. The molecule has 0 aromatic carbocycles. The quantitative estimate of drug-likeness (QED) is 0.861. The number of oxazole rings is 1. The topological polar surface area (TPSA) is 76.2 Å². The molecule has 1 aliphatic rings. The van der Waals surface area contributed by atoms with Gasteiger partial charge in [0.2, 0.25) is 11.6 Å². The predicted octanol–water partition coefficient (Wildman–Crippen LogP) is 2.58. The average molecular weight is 232 g/mol. The molecule has 5 nitrogen and oxygen atoms in total. The van der Waals surface area contributed by atoms with E-state index in [0.29, 0.717) is 23.0 Å². The molecule has 0 atom stereocenters. The van der Waals surface area contributed by atoms with E-state index in [-0.39, 0.29) is 5.56 Å². The van der Waals surface area contributed by atoms with E-state index in [0.717, 1.165) is 12.8 Å². The Bertz CT molecular complexity index is 570. The summed E-state index contributed by atoms with van der Waals surface area (Å²) in [6, 6.07) is 1.45. The second-order valence-corrected chi connectivity index (χ2v) is 4.35. The SMILES string of the molecule is O=C(O)c1ccnc2oc(C3CCCC3)nc12. The maximum absolute atomic E-state index is 11.0. The highest BCUT2D eigenvalue weighted by molar-refractivity contribution is 5.99. The molecule has 88 valence electrons. The van der Waals surface area contributed by atoms with Crippen LogP contribution in [0.2, 0.25) is 0 Å². The smallest absolute Gasteiger partial charge is 0.338 e. The lowest BCUT2D eigenvalue weighted by Gasteiger charge is -2.00. The van der Waals surface area contributed by atoms with Gasteiger partial charge in [-0.25, -0.2) is 14.8 Å². The standard InChI is InChI=1S/C12H12N2O3/c15-12(16)8-5-6-13-11-9(8)14-10(17-11)7-3-1-2-4-7/h5-7H,1-4H2,(H,15,16). The number of hydrogen-bond acceptors (Lipinski definition) is 4. The minimum atomic E-state index is -0.997. The van der Waals surface area contributed by atoms with E-state index in [9.17, 15) is 4.79 Å². The van der Waals surface area contributed by atoms with Crippen LogP contribution >= 0.6 is 0 Å². The number of carboxylic acids is 1. The number of carbonyl (C=O) groups is 1. The molecule has 0 spiro atoms. The van der Waals surface area contributed by atoms with Gasteiger partial charge in [-0.05, 0) is 18.9 Å². The third-order valence-electron chi connectivity index (χ3n) is 3.25. The summed E-state index contributed by atoms with van der Waals surface area (Å²) in [5, 5.41) is 9.05. The van der Waals surface area contributed by atoms with Crippen LogP contribution in [0.3, 0.4) is 0 Å². The number of carboxylic acid groups (broad SMARTS) is 1.